The first kappa shape index (κ1) is 77.7. The van der Waals surface area contributed by atoms with Crippen LogP contribution in [0.2, 0.25) is 0 Å². The van der Waals surface area contributed by atoms with Crippen LogP contribution in [0.1, 0.15) is 27.7 Å². The lowest BCUT2D eigenvalue weighted by Crippen LogP contribution is -2.71. The lowest BCUT2D eigenvalue weighted by atomic mass is 9.93. The maximum atomic E-state index is 13.1. The van der Waals surface area contributed by atoms with Gasteiger partial charge < -0.3 is 194 Å². The van der Waals surface area contributed by atoms with Crippen molar-refractivity contribution < 1.29 is 193 Å². The molecule has 0 aliphatic carbocycles. The first-order valence-corrected chi connectivity index (χ1v) is 30.4. The van der Waals surface area contributed by atoms with Crippen LogP contribution in [0.3, 0.4) is 0 Å². The zero-order chi connectivity index (χ0) is 69.9. The van der Waals surface area contributed by atoms with Crippen LogP contribution in [0.25, 0.3) is 0 Å². The summed E-state index contributed by atoms with van der Waals surface area (Å²) in [4.78, 5) is 37.9. The van der Waals surface area contributed by atoms with E-state index in [9.17, 15) is 122 Å². The summed E-state index contributed by atoms with van der Waals surface area (Å²) >= 11 is 0. The molecule has 0 spiro atoms. The third-order valence-corrected chi connectivity index (χ3v) is 17.5. The van der Waals surface area contributed by atoms with Gasteiger partial charge in [-0.3, -0.25) is 14.4 Å². The van der Waals surface area contributed by atoms with Crippen molar-refractivity contribution in [2.75, 3.05) is 46.2 Å². The molecule has 0 radical (unpaired) electrons. The van der Waals surface area contributed by atoms with Gasteiger partial charge in [0.05, 0.1) is 52.4 Å². The number of aliphatic hydroxyl groups is 21. The molecule has 42 heteroatoms. The van der Waals surface area contributed by atoms with Crippen LogP contribution in [0.5, 0.6) is 0 Å². The second-order valence-corrected chi connectivity index (χ2v) is 24.1. The fraction of sp³-hybridized carbons (Fsp3) is 0.943. The van der Waals surface area contributed by atoms with E-state index in [1.807, 2.05) is 0 Å². The smallest absolute Gasteiger partial charge is 0.217 e. The van der Waals surface area contributed by atoms with Gasteiger partial charge in [-0.2, -0.15) is 0 Å². The van der Waals surface area contributed by atoms with E-state index in [0.717, 1.165) is 20.8 Å². The van der Waals surface area contributed by atoms with Crippen LogP contribution < -0.4 is 16.0 Å². The quantitative estimate of drug-likeness (QED) is 0.0427. The molecule has 8 saturated heterocycles. The molecule has 8 heterocycles. The van der Waals surface area contributed by atoms with Gasteiger partial charge in [-0.05, 0) is 6.92 Å². The van der Waals surface area contributed by atoms with Crippen LogP contribution in [-0.2, 0) is 85.4 Å². The number of hydrogen-bond acceptors (Lipinski definition) is 39. The molecule has 42 nitrogen and oxygen atoms in total. The van der Waals surface area contributed by atoms with Gasteiger partial charge in [0.1, 0.15) is 183 Å². The predicted octanol–water partition coefficient (Wildman–Crippen LogP) is -16.4. The predicted molar refractivity (Wildman–Crippen MR) is 292 cm³/mol. The van der Waals surface area contributed by atoms with Gasteiger partial charge in [-0.15, -0.1) is 0 Å². The van der Waals surface area contributed by atoms with Crippen molar-refractivity contribution in [3.05, 3.63) is 0 Å². The van der Waals surface area contributed by atoms with Crippen LogP contribution in [0, 0.1) is 0 Å². The number of nitrogens with one attached hydrogen (secondary N) is 3. The Morgan fingerprint density at radius 2 is 0.642 bits per heavy atom. The van der Waals surface area contributed by atoms with Gasteiger partial charge in [-0.25, -0.2) is 0 Å². The summed E-state index contributed by atoms with van der Waals surface area (Å²) in [6, 6.07) is -5.26. The summed E-state index contributed by atoms with van der Waals surface area (Å²) in [6.07, 6.45) is -70.9. The molecule has 8 aliphatic rings. The van der Waals surface area contributed by atoms with E-state index in [4.69, 9.17) is 71.1 Å². The molecular weight excluding hydrogens is 1300 g/mol. The summed E-state index contributed by atoms with van der Waals surface area (Å²) in [6.45, 7) is -2.95. The molecule has 0 saturated carbocycles. The van der Waals surface area contributed by atoms with Crippen LogP contribution in [0.4, 0.5) is 0 Å². The molecule has 24 N–H and O–H groups in total. The molecule has 1 unspecified atom stereocenters. The lowest BCUT2D eigenvalue weighted by Gasteiger charge is -2.51. The van der Waals surface area contributed by atoms with E-state index in [-0.39, 0.29) is 0 Å². The highest BCUT2D eigenvalue weighted by atomic mass is 16.8. The fourth-order valence-corrected chi connectivity index (χ4v) is 12.3. The van der Waals surface area contributed by atoms with Crippen LogP contribution in [-0.4, -0.2) is 411 Å². The summed E-state index contributed by atoms with van der Waals surface area (Å²) in [5.41, 5.74) is 0. The Bertz CT molecular complexity index is 2440. The number of amides is 3. The first-order chi connectivity index (χ1) is 44.9. The number of carbonyl (C=O) groups excluding carboxylic acids is 3. The molecule has 8 aliphatic heterocycles. The lowest BCUT2D eigenvalue weighted by molar-refractivity contribution is -0.399. The largest absolute Gasteiger partial charge is 0.394 e. The molecule has 95 heavy (non-hydrogen) atoms. The Labute approximate surface area is 538 Å². The second-order valence-electron chi connectivity index (χ2n) is 24.1. The van der Waals surface area contributed by atoms with Crippen molar-refractivity contribution >= 4 is 17.7 Å². The van der Waals surface area contributed by atoms with E-state index in [1.54, 1.807) is 0 Å². The molecule has 550 valence electrons. The normalized spacial score (nSPS) is 49.8. The molecule has 0 aromatic carbocycles. The highest BCUT2D eigenvalue weighted by molar-refractivity contribution is 5.74. The molecule has 0 bridgehead atoms. The Morgan fingerprint density at radius 3 is 1.17 bits per heavy atom. The zero-order valence-electron chi connectivity index (χ0n) is 51.2. The summed E-state index contributed by atoms with van der Waals surface area (Å²) in [5.74, 6) is -2.53. The Morgan fingerprint density at radius 1 is 0.295 bits per heavy atom. The first-order valence-electron chi connectivity index (χ1n) is 30.4. The Kier molecular flexibility index (Phi) is 27.5. The standard InChI is InChI=1S/C53H89N3O39/c1-12-26(66)33(73)37(77)50(82-12)93-43-25(56-15(4)65)46(80)83-21(10-62)42(43)92-48-24(55-14(3)64)32(72)40(19(8-60)87-48)91-53-45(95-51-36(76)29(69)18(7-59)86-51)44(94-52-38(78)34(74)28(68)17(6-58)85-52)30(70)22(89-53)11-81-49-39(79)35(75)41(20(9-61)88-49)90-47-23(54-13(2)63)31(71)27(67)16(5-57)84-47/h12,16-53,57-62,66-80H,5-11H2,1-4H3,(H,54,63)(H,55,64)(H,56,65)/t12-,16+,17+,18+,19+,20+,21+,22+,23+,24+,25+,26+,27+,28+,29-,30+,31+,32+,33+,34-,35-,36+,37-,38-,39-,40+,41+,42+,43+,44-,45-,46?,47-,48-,49-,50-,51-,52+,53-/m0/s1. The van der Waals surface area contributed by atoms with Crippen molar-refractivity contribution in [3.63, 3.8) is 0 Å². The average molecular weight is 1390 g/mol. The van der Waals surface area contributed by atoms with Gasteiger partial charge in [-0.1, -0.05) is 0 Å². The molecular formula is C53H89N3O39. The average Bonchev–Trinajstić information content (AvgIpc) is 1.76. The Hall–Kier alpha value is -3.03. The molecule has 0 aromatic rings. The van der Waals surface area contributed by atoms with Crippen molar-refractivity contribution in [3.8, 4) is 0 Å². The summed E-state index contributed by atoms with van der Waals surface area (Å²) < 4.78 is 89.0. The van der Waals surface area contributed by atoms with Gasteiger partial charge in [0.25, 0.3) is 0 Å². The highest BCUT2D eigenvalue weighted by Gasteiger charge is 2.60. The molecule has 8 rings (SSSR count). The second kappa shape index (κ2) is 33.6. The maximum absolute atomic E-state index is 13.1. The minimum absolute atomic E-state index is 0.767. The number of hydrogen-bond donors (Lipinski definition) is 24. The number of rotatable bonds is 24. The van der Waals surface area contributed by atoms with Crippen LogP contribution >= 0.6 is 0 Å². The van der Waals surface area contributed by atoms with Gasteiger partial charge >= 0.3 is 0 Å². The minimum atomic E-state index is -2.36. The zero-order valence-corrected chi connectivity index (χ0v) is 51.2. The molecule has 39 atom stereocenters. The number of ether oxygens (including phenoxy) is 15. The van der Waals surface area contributed by atoms with E-state index in [0.29, 0.717) is 0 Å². The van der Waals surface area contributed by atoms with Crippen molar-refractivity contribution in [1.29, 1.82) is 0 Å². The van der Waals surface area contributed by atoms with Gasteiger partial charge in [0, 0.05) is 20.8 Å². The summed E-state index contributed by atoms with van der Waals surface area (Å²) in [7, 11) is 0. The van der Waals surface area contributed by atoms with E-state index >= 15 is 0 Å². The molecule has 3 amide bonds. The van der Waals surface area contributed by atoms with E-state index in [2.05, 4.69) is 16.0 Å². The van der Waals surface area contributed by atoms with E-state index < -0.39 is 303 Å². The van der Waals surface area contributed by atoms with Gasteiger partial charge in [0.2, 0.25) is 17.7 Å². The van der Waals surface area contributed by atoms with Crippen molar-refractivity contribution in [1.82, 2.24) is 16.0 Å². The topological polar surface area (TPSA) is 651 Å². The van der Waals surface area contributed by atoms with Crippen LogP contribution in [0.15, 0.2) is 0 Å². The monoisotopic (exact) mass is 1390 g/mol. The van der Waals surface area contributed by atoms with Crippen molar-refractivity contribution in [2.24, 2.45) is 0 Å². The van der Waals surface area contributed by atoms with E-state index in [1.165, 1.54) is 6.92 Å². The van der Waals surface area contributed by atoms with Crippen molar-refractivity contribution in [2.45, 2.75) is 267 Å². The molecule has 0 aromatic heterocycles. The minimum Gasteiger partial charge on any atom is -0.394 e. The Balaban J connectivity index is 1.13. The van der Waals surface area contributed by atoms with Gasteiger partial charge in [0.15, 0.2) is 50.3 Å². The third-order valence-electron chi connectivity index (χ3n) is 17.5. The third kappa shape index (κ3) is 17.0. The number of aliphatic hydroxyl groups excluding tert-OH is 21. The fourth-order valence-electron chi connectivity index (χ4n) is 12.3. The highest BCUT2D eigenvalue weighted by Crippen LogP contribution is 2.40. The summed E-state index contributed by atoms with van der Waals surface area (Å²) in [5, 5.41) is 237. The number of carbonyl (C=O) groups is 3. The molecule has 8 fully saturated rings. The SMILES string of the molecule is CC(=O)N[C@H]1[C@H](O[C@H]2[C@H](O[C@@H]3O[C@@H](C)[C@@H](O)[C@@H](O)[C@@H]3O)[C@@H](NC(C)=O)C(O)O[C@@H]2CO)O[C@H](CO)[C@@H](O[C@@H]2O[C@H](CO[C@H]3O[C@H](CO)[C@@H](O[C@@H]4O[C@H](CO)[C@@H](O)[C@H](O)[C@H]4NC(C)=O)[C@@H](O)[C@@H]3O)[C@@H](O)[C@H](O[C@H]3O[C@H](CO)[C@@H](O)[C@H](O)[C@@H]3O)[C@@H]2O[C@@H]2O[C@H](CO)[C@H](O)[C@H]2O)[C@@H]1O. The maximum Gasteiger partial charge on any atom is 0.217 e.